The summed E-state index contributed by atoms with van der Waals surface area (Å²) < 4.78 is 0. The smallest absolute Gasteiger partial charge is 0.339 e. The molecule has 1 aromatic rings. The highest BCUT2D eigenvalue weighted by atomic mass is 16.4. The number of hydrogen-bond donors (Lipinski definition) is 1. The summed E-state index contributed by atoms with van der Waals surface area (Å²) in [4.78, 5) is 17.9. The first-order chi connectivity index (χ1) is 8.50. The molecular formula is C14H20N2O2. The highest BCUT2D eigenvalue weighted by Crippen LogP contribution is 2.27. The number of carbonyl (C=O) groups is 1. The van der Waals surface area contributed by atoms with E-state index >= 15 is 0 Å². The molecule has 0 unspecified atom stereocenters. The minimum Gasteiger partial charge on any atom is -0.478 e. The number of pyridine rings is 1. The first-order valence-electron chi connectivity index (χ1n) is 6.49. The van der Waals surface area contributed by atoms with Crippen LogP contribution < -0.4 is 4.90 Å². The van der Waals surface area contributed by atoms with E-state index < -0.39 is 5.97 Å². The SMILES string of the molecule is CC(C)N(C)c1nc2c(cc1C(=O)O)CCCC2. The molecular weight excluding hydrogens is 228 g/mol. The Morgan fingerprint density at radius 2 is 2.06 bits per heavy atom. The van der Waals surface area contributed by atoms with Gasteiger partial charge < -0.3 is 10.0 Å². The second-order valence-corrected chi connectivity index (χ2v) is 5.18. The second kappa shape index (κ2) is 4.96. The fourth-order valence-corrected chi connectivity index (χ4v) is 2.29. The summed E-state index contributed by atoms with van der Waals surface area (Å²) in [7, 11) is 1.90. The summed E-state index contributed by atoms with van der Waals surface area (Å²) in [5, 5.41) is 9.33. The highest BCUT2D eigenvalue weighted by molar-refractivity contribution is 5.93. The number of anilines is 1. The summed E-state index contributed by atoms with van der Waals surface area (Å²) in [5.41, 5.74) is 2.51. The molecule has 0 aliphatic heterocycles. The maximum atomic E-state index is 11.4. The van der Waals surface area contributed by atoms with Crippen molar-refractivity contribution in [1.29, 1.82) is 0 Å². The second-order valence-electron chi connectivity index (χ2n) is 5.18. The molecule has 0 atom stereocenters. The Morgan fingerprint density at radius 1 is 1.39 bits per heavy atom. The number of fused-ring (bicyclic) bond motifs is 1. The van der Waals surface area contributed by atoms with Gasteiger partial charge in [-0.05, 0) is 51.2 Å². The van der Waals surface area contributed by atoms with E-state index in [1.807, 2.05) is 31.9 Å². The Labute approximate surface area is 108 Å². The highest BCUT2D eigenvalue weighted by Gasteiger charge is 2.21. The molecule has 0 saturated heterocycles. The zero-order chi connectivity index (χ0) is 13.3. The van der Waals surface area contributed by atoms with Crippen LogP contribution in [-0.4, -0.2) is 29.1 Å². The summed E-state index contributed by atoms with van der Waals surface area (Å²) in [5.74, 6) is -0.295. The zero-order valence-corrected chi connectivity index (χ0v) is 11.2. The molecule has 1 aromatic heterocycles. The van der Waals surface area contributed by atoms with Gasteiger partial charge in [0.05, 0.1) is 0 Å². The molecule has 0 amide bonds. The average Bonchev–Trinajstić information content (AvgIpc) is 2.36. The molecule has 98 valence electrons. The quantitative estimate of drug-likeness (QED) is 0.893. The molecule has 1 N–H and O–H groups in total. The van der Waals surface area contributed by atoms with Crippen LogP contribution in [0, 0.1) is 0 Å². The number of carboxylic acids is 1. The van der Waals surface area contributed by atoms with Crippen molar-refractivity contribution >= 4 is 11.8 Å². The number of carboxylic acid groups (broad SMARTS) is 1. The molecule has 0 radical (unpaired) electrons. The van der Waals surface area contributed by atoms with Crippen molar-refractivity contribution in [2.45, 2.75) is 45.6 Å². The van der Waals surface area contributed by atoms with E-state index in [2.05, 4.69) is 4.98 Å². The molecule has 2 rings (SSSR count). The molecule has 0 spiro atoms. The van der Waals surface area contributed by atoms with Crippen molar-refractivity contribution in [3.63, 3.8) is 0 Å². The van der Waals surface area contributed by atoms with Crippen molar-refractivity contribution in [1.82, 2.24) is 4.98 Å². The number of aromatic nitrogens is 1. The van der Waals surface area contributed by atoms with Gasteiger partial charge in [-0.25, -0.2) is 9.78 Å². The van der Waals surface area contributed by atoms with E-state index in [0.717, 1.165) is 36.9 Å². The summed E-state index contributed by atoms with van der Waals surface area (Å²) in [6.45, 7) is 4.07. The van der Waals surface area contributed by atoms with Crippen LogP contribution >= 0.6 is 0 Å². The van der Waals surface area contributed by atoms with Crippen LogP contribution in [0.5, 0.6) is 0 Å². The summed E-state index contributed by atoms with van der Waals surface area (Å²) >= 11 is 0. The van der Waals surface area contributed by atoms with Gasteiger partial charge in [0, 0.05) is 18.8 Å². The molecule has 18 heavy (non-hydrogen) atoms. The third-order valence-corrected chi connectivity index (χ3v) is 3.62. The number of aromatic carboxylic acids is 1. The average molecular weight is 248 g/mol. The first kappa shape index (κ1) is 12.9. The molecule has 0 aromatic carbocycles. The molecule has 1 aliphatic carbocycles. The van der Waals surface area contributed by atoms with E-state index in [4.69, 9.17) is 0 Å². The maximum Gasteiger partial charge on any atom is 0.339 e. The number of nitrogens with zero attached hydrogens (tertiary/aromatic N) is 2. The lowest BCUT2D eigenvalue weighted by atomic mass is 9.94. The minimum absolute atomic E-state index is 0.234. The zero-order valence-electron chi connectivity index (χ0n) is 11.2. The molecule has 0 bridgehead atoms. The van der Waals surface area contributed by atoms with Gasteiger partial charge in [-0.15, -0.1) is 0 Å². The third-order valence-electron chi connectivity index (χ3n) is 3.62. The minimum atomic E-state index is -0.890. The fourth-order valence-electron chi connectivity index (χ4n) is 2.29. The van der Waals surface area contributed by atoms with E-state index in [9.17, 15) is 9.90 Å². The van der Waals surface area contributed by atoms with Gasteiger partial charge in [0.2, 0.25) is 0 Å². The van der Waals surface area contributed by atoms with Crippen molar-refractivity contribution in [3.05, 3.63) is 22.9 Å². The molecule has 1 heterocycles. The van der Waals surface area contributed by atoms with Crippen molar-refractivity contribution in [3.8, 4) is 0 Å². The Balaban J connectivity index is 2.52. The van der Waals surface area contributed by atoms with Crippen LogP contribution in [0.3, 0.4) is 0 Å². The predicted octanol–water partition coefficient (Wildman–Crippen LogP) is 2.50. The van der Waals surface area contributed by atoms with Gasteiger partial charge >= 0.3 is 5.97 Å². The molecule has 0 saturated carbocycles. The third kappa shape index (κ3) is 2.33. The lowest BCUT2D eigenvalue weighted by Gasteiger charge is -2.26. The molecule has 0 fully saturated rings. The number of hydrogen-bond acceptors (Lipinski definition) is 3. The topological polar surface area (TPSA) is 53.4 Å². The van der Waals surface area contributed by atoms with Gasteiger partial charge in [0.1, 0.15) is 11.4 Å². The lowest BCUT2D eigenvalue weighted by molar-refractivity contribution is 0.0697. The van der Waals surface area contributed by atoms with Gasteiger partial charge in [0.25, 0.3) is 0 Å². The van der Waals surface area contributed by atoms with Crippen LogP contribution in [0.4, 0.5) is 5.82 Å². The fraction of sp³-hybridized carbons (Fsp3) is 0.571. The van der Waals surface area contributed by atoms with E-state index in [1.165, 1.54) is 0 Å². The summed E-state index contributed by atoms with van der Waals surface area (Å²) in [6, 6.07) is 2.05. The largest absolute Gasteiger partial charge is 0.478 e. The lowest BCUT2D eigenvalue weighted by Crippen LogP contribution is -2.29. The van der Waals surface area contributed by atoms with Crippen LogP contribution in [-0.2, 0) is 12.8 Å². The Bertz CT molecular complexity index is 469. The van der Waals surface area contributed by atoms with Crippen molar-refractivity contribution in [2.75, 3.05) is 11.9 Å². The van der Waals surface area contributed by atoms with E-state index in [0.29, 0.717) is 11.4 Å². The monoisotopic (exact) mass is 248 g/mol. The molecule has 1 aliphatic rings. The standard InChI is InChI=1S/C14H20N2O2/c1-9(2)16(3)13-11(14(17)18)8-10-6-4-5-7-12(10)15-13/h8-9H,4-7H2,1-3H3,(H,17,18). The summed E-state index contributed by atoms with van der Waals surface area (Å²) in [6.07, 6.45) is 4.20. The van der Waals surface area contributed by atoms with Crippen LogP contribution in [0.2, 0.25) is 0 Å². The van der Waals surface area contributed by atoms with Crippen LogP contribution in [0.25, 0.3) is 0 Å². The van der Waals surface area contributed by atoms with Gasteiger partial charge in [0.15, 0.2) is 0 Å². The normalized spacial score (nSPS) is 14.4. The Kier molecular flexibility index (Phi) is 3.55. The number of rotatable bonds is 3. The Morgan fingerprint density at radius 3 is 2.67 bits per heavy atom. The van der Waals surface area contributed by atoms with E-state index in [-0.39, 0.29) is 6.04 Å². The van der Waals surface area contributed by atoms with Crippen LogP contribution in [0.15, 0.2) is 6.07 Å². The maximum absolute atomic E-state index is 11.4. The number of aryl methyl sites for hydroxylation is 2. The molecule has 4 heteroatoms. The Hall–Kier alpha value is -1.58. The van der Waals surface area contributed by atoms with Gasteiger partial charge in [-0.3, -0.25) is 0 Å². The van der Waals surface area contributed by atoms with Crippen LogP contribution in [0.1, 0.15) is 48.3 Å². The van der Waals surface area contributed by atoms with Crippen molar-refractivity contribution in [2.24, 2.45) is 0 Å². The van der Waals surface area contributed by atoms with Crippen molar-refractivity contribution < 1.29 is 9.90 Å². The molecule has 4 nitrogen and oxygen atoms in total. The van der Waals surface area contributed by atoms with E-state index in [1.54, 1.807) is 0 Å². The van der Waals surface area contributed by atoms with Gasteiger partial charge in [-0.2, -0.15) is 0 Å². The first-order valence-corrected chi connectivity index (χ1v) is 6.49. The predicted molar refractivity (Wildman–Crippen MR) is 71.4 cm³/mol. The van der Waals surface area contributed by atoms with Gasteiger partial charge in [-0.1, -0.05) is 0 Å².